The maximum atomic E-state index is 13.4. The Kier molecular flexibility index (Phi) is 4.30. The highest BCUT2D eigenvalue weighted by Gasteiger charge is 2.63. The van der Waals surface area contributed by atoms with Gasteiger partial charge in [0.2, 0.25) is 5.91 Å². The second kappa shape index (κ2) is 6.01. The van der Waals surface area contributed by atoms with Crippen molar-refractivity contribution >= 4 is 5.91 Å². The summed E-state index contributed by atoms with van der Waals surface area (Å²) in [6, 6.07) is 4.01. The first-order valence-electron chi connectivity index (χ1n) is 8.30. The topological polar surface area (TPSA) is 70.0 Å². The van der Waals surface area contributed by atoms with Gasteiger partial charge in [-0.2, -0.15) is 0 Å². The molecule has 1 aromatic carbocycles. The molecule has 1 heterocycles. The number of methoxy groups -OCH3 is 1. The van der Waals surface area contributed by atoms with E-state index in [9.17, 15) is 19.4 Å². The van der Waals surface area contributed by atoms with Gasteiger partial charge in [-0.1, -0.05) is 6.07 Å². The SMILES string of the molecule is COC1(C)CC(O)C12CCN(C(=O)Cc1ccc(O)c(F)c1)CC2. The van der Waals surface area contributed by atoms with Gasteiger partial charge in [-0.05, 0) is 37.5 Å². The predicted molar refractivity (Wildman–Crippen MR) is 86.1 cm³/mol. The Balaban J connectivity index is 1.62. The molecule has 0 bridgehead atoms. The summed E-state index contributed by atoms with van der Waals surface area (Å²) in [5.74, 6) is -1.20. The number of carbonyl (C=O) groups is 1. The molecule has 132 valence electrons. The molecular formula is C18H24FNO4. The van der Waals surface area contributed by atoms with E-state index in [0.29, 0.717) is 37.9 Å². The standard InChI is InChI=1S/C18H24FNO4/c1-17(24-2)11-15(22)18(17)5-7-20(8-6-18)16(23)10-12-3-4-14(21)13(19)9-12/h3-4,9,15,21-22H,5-8,10-11H2,1-2H3. The number of phenols is 1. The molecule has 3 rings (SSSR count). The number of halogens is 1. The van der Waals surface area contributed by atoms with Crippen molar-refractivity contribution in [3.8, 4) is 5.75 Å². The Morgan fingerprint density at radius 2 is 2.08 bits per heavy atom. The molecule has 24 heavy (non-hydrogen) atoms. The molecule has 5 nitrogen and oxygen atoms in total. The van der Waals surface area contributed by atoms with Crippen LogP contribution in [-0.4, -0.2) is 52.9 Å². The number of hydrogen-bond donors (Lipinski definition) is 2. The first-order chi connectivity index (χ1) is 11.3. The van der Waals surface area contributed by atoms with E-state index in [0.717, 1.165) is 0 Å². The lowest BCUT2D eigenvalue weighted by atomic mass is 9.51. The minimum absolute atomic E-state index is 0.0668. The molecule has 0 aromatic heterocycles. The molecule has 1 saturated heterocycles. The summed E-state index contributed by atoms with van der Waals surface area (Å²) in [5.41, 5.74) is -0.0637. The third-order valence-corrected chi connectivity index (χ3v) is 6.10. The first-order valence-corrected chi connectivity index (χ1v) is 8.30. The molecule has 0 radical (unpaired) electrons. The van der Waals surface area contributed by atoms with Gasteiger partial charge in [0.15, 0.2) is 11.6 Å². The van der Waals surface area contributed by atoms with Crippen LogP contribution in [0.15, 0.2) is 18.2 Å². The number of piperidine rings is 1. The highest BCUT2D eigenvalue weighted by molar-refractivity contribution is 5.79. The number of aliphatic hydroxyl groups is 1. The predicted octanol–water partition coefficient (Wildman–Crippen LogP) is 1.85. The van der Waals surface area contributed by atoms with Crippen molar-refractivity contribution in [2.75, 3.05) is 20.2 Å². The van der Waals surface area contributed by atoms with Crippen LogP contribution in [0.1, 0.15) is 31.7 Å². The lowest BCUT2D eigenvalue weighted by Gasteiger charge is -2.62. The van der Waals surface area contributed by atoms with Crippen LogP contribution in [0.3, 0.4) is 0 Å². The van der Waals surface area contributed by atoms with E-state index < -0.39 is 11.6 Å². The average molecular weight is 337 g/mol. The molecule has 2 aliphatic rings. The summed E-state index contributed by atoms with van der Waals surface area (Å²) < 4.78 is 19.0. The number of aliphatic hydroxyl groups excluding tert-OH is 1. The van der Waals surface area contributed by atoms with Crippen molar-refractivity contribution in [1.29, 1.82) is 0 Å². The Labute approximate surface area is 141 Å². The van der Waals surface area contributed by atoms with Crippen LogP contribution in [0.5, 0.6) is 5.75 Å². The molecular weight excluding hydrogens is 313 g/mol. The van der Waals surface area contributed by atoms with Crippen molar-refractivity contribution in [1.82, 2.24) is 4.90 Å². The van der Waals surface area contributed by atoms with Crippen LogP contribution in [-0.2, 0) is 16.0 Å². The van der Waals surface area contributed by atoms with Gasteiger partial charge in [-0.3, -0.25) is 4.79 Å². The largest absolute Gasteiger partial charge is 0.505 e. The van der Waals surface area contributed by atoms with Crippen molar-refractivity contribution in [3.05, 3.63) is 29.6 Å². The highest BCUT2D eigenvalue weighted by Crippen LogP contribution is 2.57. The normalized spacial score (nSPS) is 28.7. The minimum Gasteiger partial charge on any atom is -0.505 e. The van der Waals surface area contributed by atoms with Gasteiger partial charge in [0.05, 0.1) is 18.1 Å². The number of amides is 1. The third kappa shape index (κ3) is 2.58. The summed E-state index contributed by atoms with van der Waals surface area (Å²) in [5, 5.41) is 19.5. The van der Waals surface area contributed by atoms with Crippen molar-refractivity contribution in [2.45, 2.75) is 44.3 Å². The monoisotopic (exact) mass is 337 g/mol. The zero-order valence-electron chi connectivity index (χ0n) is 14.1. The maximum absolute atomic E-state index is 13.4. The van der Waals surface area contributed by atoms with Gasteiger partial charge in [-0.15, -0.1) is 0 Å². The Morgan fingerprint density at radius 3 is 2.62 bits per heavy atom. The Morgan fingerprint density at radius 1 is 1.42 bits per heavy atom. The van der Waals surface area contributed by atoms with E-state index in [2.05, 4.69) is 0 Å². The summed E-state index contributed by atoms with van der Waals surface area (Å²) in [7, 11) is 1.67. The number of phenolic OH excluding ortho intramolecular Hbond substituents is 1. The summed E-state index contributed by atoms with van der Waals surface area (Å²) >= 11 is 0. The summed E-state index contributed by atoms with van der Waals surface area (Å²) in [6.45, 7) is 3.15. The number of aromatic hydroxyl groups is 1. The van der Waals surface area contributed by atoms with Crippen LogP contribution >= 0.6 is 0 Å². The fraction of sp³-hybridized carbons (Fsp3) is 0.611. The van der Waals surface area contributed by atoms with Gasteiger partial charge in [-0.25, -0.2) is 4.39 Å². The van der Waals surface area contributed by atoms with E-state index in [4.69, 9.17) is 4.74 Å². The van der Waals surface area contributed by atoms with Crippen molar-refractivity contribution in [3.63, 3.8) is 0 Å². The number of ether oxygens (including phenoxy) is 1. The van der Waals surface area contributed by atoms with Crippen LogP contribution in [0.4, 0.5) is 4.39 Å². The number of likely N-dealkylation sites (tertiary alicyclic amines) is 1. The molecule has 2 N–H and O–H groups in total. The smallest absolute Gasteiger partial charge is 0.226 e. The van der Waals surface area contributed by atoms with E-state index in [1.54, 1.807) is 18.1 Å². The van der Waals surface area contributed by atoms with E-state index in [1.807, 2.05) is 6.92 Å². The number of carbonyl (C=O) groups excluding carboxylic acids is 1. The van der Waals surface area contributed by atoms with Crippen molar-refractivity contribution < 1.29 is 24.1 Å². The molecule has 1 amide bonds. The molecule has 1 aromatic rings. The zero-order valence-corrected chi connectivity index (χ0v) is 14.1. The lowest BCUT2D eigenvalue weighted by Crippen LogP contribution is -2.69. The first kappa shape index (κ1) is 17.2. The number of hydrogen-bond acceptors (Lipinski definition) is 4. The average Bonchev–Trinajstić information content (AvgIpc) is 2.58. The van der Waals surface area contributed by atoms with E-state index in [-0.39, 0.29) is 29.4 Å². The molecule has 2 fully saturated rings. The van der Waals surface area contributed by atoms with E-state index >= 15 is 0 Å². The van der Waals surface area contributed by atoms with Gasteiger partial charge < -0.3 is 19.8 Å². The third-order valence-electron chi connectivity index (χ3n) is 6.10. The van der Waals surface area contributed by atoms with Gasteiger partial charge in [0, 0.05) is 32.0 Å². The van der Waals surface area contributed by atoms with Crippen LogP contribution in [0, 0.1) is 11.2 Å². The molecule has 1 aliphatic carbocycles. The minimum atomic E-state index is -0.716. The van der Waals surface area contributed by atoms with Crippen LogP contribution in [0.2, 0.25) is 0 Å². The zero-order chi connectivity index (χ0) is 17.5. The Hall–Kier alpha value is -1.66. The number of benzene rings is 1. The van der Waals surface area contributed by atoms with E-state index in [1.165, 1.54) is 12.1 Å². The molecule has 2 unspecified atom stereocenters. The summed E-state index contributed by atoms with van der Waals surface area (Å²) in [4.78, 5) is 14.2. The second-order valence-corrected chi connectivity index (χ2v) is 7.15. The number of rotatable bonds is 3. The second-order valence-electron chi connectivity index (χ2n) is 7.15. The lowest BCUT2D eigenvalue weighted by molar-refractivity contribution is -0.261. The van der Waals surface area contributed by atoms with Gasteiger partial charge in [0.1, 0.15) is 0 Å². The molecule has 1 spiro atoms. The quantitative estimate of drug-likeness (QED) is 0.883. The van der Waals surface area contributed by atoms with Gasteiger partial charge >= 0.3 is 0 Å². The Bertz CT molecular complexity index is 642. The van der Waals surface area contributed by atoms with Crippen LogP contribution in [0.25, 0.3) is 0 Å². The highest BCUT2D eigenvalue weighted by atomic mass is 19.1. The van der Waals surface area contributed by atoms with Crippen molar-refractivity contribution in [2.24, 2.45) is 5.41 Å². The fourth-order valence-electron chi connectivity index (χ4n) is 4.24. The van der Waals surface area contributed by atoms with Crippen LogP contribution < -0.4 is 0 Å². The maximum Gasteiger partial charge on any atom is 0.226 e. The summed E-state index contributed by atoms with van der Waals surface area (Å²) in [6.07, 6.45) is 1.76. The molecule has 1 saturated carbocycles. The fourth-order valence-corrected chi connectivity index (χ4v) is 4.24. The molecule has 2 atom stereocenters. The van der Waals surface area contributed by atoms with Gasteiger partial charge in [0.25, 0.3) is 0 Å². The molecule has 6 heteroatoms. The molecule has 1 aliphatic heterocycles. The number of nitrogens with zero attached hydrogens (tertiary/aromatic N) is 1.